The van der Waals surface area contributed by atoms with E-state index >= 15 is 0 Å². The predicted octanol–water partition coefficient (Wildman–Crippen LogP) is 6.64. The monoisotopic (exact) mass is 503 g/mol. The second kappa shape index (κ2) is 9.25. The van der Waals surface area contributed by atoms with Crippen LogP contribution in [0.5, 0.6) is 0 Å². The standard InChI is InChI=1S/C23H23BrClN3OS/c1-15-13-18(9-10-19(15)24)26-20(29)14-30-22-21(16-5-7-17(25)8-6-16)27-23(28-22)11-3-2-4-12-23/h5-10,13H,2-4,11-12,14H2,1H3,(H,26,29). The van der Waals surface area contributed by atoms with Crippen molar-refractivity contribution in [3.8, 4) is 0 Å². The summed E-state index contributed by atoms with van der Waals surface area (Å²) < 4.78 is 1.02. The Kier molecular flexibility index (Phi) is 6.66. The number of nitrogens with one attached hydrogen (secondary N) is 1. The van der Waals surface area contributed by atoms with Gasteiger partial charge in [0.05, 0.1) is 11.5 Å². The number of rotatable bonds is 4. The zero-order valence-electron chi connectivity index (χ0n) is 16.8. The van der Waals surface area contributed by atoms with Crippen LogP contribution in [0.3, 0.4) is 0 Å². The van der Waals surface area contributed by atoms with Crippen LogP contribution in [0.25, 0.3) is 0 Å². The minimum atomic E-state index is -0.352. The fraction of sp³-hybridized carbons (Fsp3) is 0.348. The highest BCUT2D eigenvalue weighted by Crippen LogP contribution is 2.38. The molecule has 1 aliphatic carbocycles. The molecule has 4 nitrogen and oxygen atoms in total. The molecule has 1 saturated carbocycles. The third-order valence-corrected chi connectivity index (χ3v) is 7.49. The van der Waals surface area contributed by atoms with Gasteiger partial charge in [-0.05, 0) is 68.5 Å². The van der Waals surface area contributed by atoms with E-state index < -0.39 is 0 Å². The average Bonchev–Trinajstić information content (AvgIpc) is 3.08. The lowest BCUT2D eigenvalue weighted by atomic mass is 9.90. The summed E-state index contributed by atoms with van der Waals surface area (Å²) in [4.78, 5) is 22.6. The molecule has 0 saturated heterocycles. The maximum absolute atomic E-state index is 12.6. The molecular weight excluding hydrogens is 482 g/mol. The molecule has 7 heteroatoms. The molecule has 1 heterocycles. The summed E-state index contributed by atoms with van der Waals surface area (Å²) >= 11 is 11.0. The zero-order chi connectivity index (χ0) is 21.1. The molecule has 1 spiro atoms. The molecule has 0 radical (unpaired) electrons. The molecule has 4 rings (SSSR count). The lowest BCUT2D eigenvalue weighted by Crippen LogP contribution is -2.25. The van der Waals surface area contributed by atoms with Crippen LogP contribution in [0.2, 0.25) is 5.02 Å². The molecule has 2 aromatic rings. The highest BCUT2D eigenvalue weighted by molar-refractivity contribution is 9.10. The number of amides is 1. The van der Waals surface area contributed by atoms with Gasteiger partial charge in [0.25, 0.3) is 0 Å². The molecule has 1 amide bonds. The molecule has 2 aromatic carbocycles. The van der Waals surface area contributed by atoms with E-state index in [1.165, 1.54) is 18.2 Å². The molecular formula is C23H23BrClN3OS. The Morgan fingerprint density at radius 1 is 1.13 bits per heavy atom. The van der Waals surface area contributed by atoms with Crippen molar-refractivity contribution in [2.45, 2.75) is 44.7 Å². The Morgan fingerprint density at radius 2 is 1.87 bits per heavy atom. The lowest BCUT2D eigenvalue weighted by molar-refractivity contribution is -0.113. The number of hydrogen-bond acceptors (Lipinski definition) is 4. The van der Waals surface area contributed by atoms with Gasteiger partial charge in [0, 0.05) is 20.7 Å². The van der Waals surface area contributed by atoms with Crippen molar-refractivity contribution >= 4 is 61.6 Å². The Balaban J connectivity index is 1.49. The number of aryl methyl sites for hydroxylation is 1. The van der Waals surface area contributed by atoms with Gasteiger partial charge in [0.1, 0.15) is 5.04 Å². The highest BCUT2D eigenvalue weighted by atomic mass is 79.9. The van der Waals surface area contributed by atoms with Gasteiger partial charge in [0.2, 0.25) is 5.91 Å². The van der Waals surface area contributed by atoms with E-state index in [4.69, 9.17) is 21.6 Å². The number of hydrogen-bond donors (Lipinski definition) is 1. The molecule has 0 unspecified atom stereocenters. The Hall–Kier alpha value is -1.63. The minimum absolute atomic E-state index is 0.0514. The van der Waals surface area contributed by atoms with Crippen LogP contribution in [0.1, 0.15) is 43.2 Å². The Morgan fingerprint density at radius 3 is 2.57 bits per heavy atom. The molecule has 1 fully saturated rings. The fourth-order valence-corrected chi connectivity index (χ4v) is 5.06. The summed E-state index contributed by atoms with van der Waals surface area (Å²) in [6.07, 6.45) is 5.46. The molecule has 0 aromatic heterocycles. The van der Waals surface area contributed by atoms with E-state index in [0.717, 1.165) is 57.7 Å². The number of nitrogens with zero attached hydrogens (tertiary/aromatic N) is 2. The zero-order valence-corrected chi connectivity index (χ0v) is 19.9. The smallest absolute Gasteiger partial charge is 0.234 e. The molecule has 1 N–H and O–H groups in total. The summed E-state index contributed by atoms with van der Waals surface area (Å²) in [5.74, 6) is 0.237. The van der Waals surface area contributed by atoms with Gasteiger partial charge in [-0.3, -0.25) is 9.79 Å². The number of thioether (sulfide) groups is 1. The first-order valence-electron chi connectivity index (χ1n) is 10.1. The van der Waals surface area contributed by atoms with Crippen molar-refractivity contribution in [2.75, 3.05) is 11.1 Å². The third kappa shape index (κ3) is 4.98. The maximum atomic E-state index is 12.6. The second-order valence-electron chi connectivity index (χ2n) is 7.73. The van der Waals surface area contributed by atoms with Gasteiger partial charge in [0.15, 0.2) is 5.66 Å². The number of carbonyl (C=O) groups is 1. The predicted molar refractivity (Wildman–Crippen MR) is 131 cm³/mol. The van der Waals surface area contributed by atoms with Crippen molar-refractivity contribution in [3.05, 3.63) is 63.1 Å². The van der Waals surface area contributed by atoms with Gasteiger partial charge in [-0.25, -0.2) is 4.99 Å². The normalized spacial score (nSPS) is 17.6. The van der Waals surface area contributed by atoms with E-state index in [-0.39, 0.29) is 17.3 Å². The van der Waals surface area contributed by atoms with Gasteiger partial charge in [-0.15, -0.1) is 0 Å². The quantitative estimate of drug-likeness (QED) is 0.507. The summed E-state index contributed by atoms with van der Waals surface area (Å²) in [7, 11) is 0. The van der Waals surface area contributed by atoms with E-state index in [2.05, 4.69) is 21.2 Å². The topological polar surface area (TPSA) is 53.8 Å². The fourth-order valence-electron chi connectivity index (χ4n) is 3.81. The van der Waals surface area contributed by atoms with Crippen LogP contribution in [0.15, 0.2) is 56.9 Å². The van der Waals surface area contributed by atoms with Gasteiger partial charge >= 0.3 is 0 Å². The van der Waals surface area contributed by atoms with E-state index in [0.29, 0.717) is 5.02 Å². The molecule has 2 aliphatic rings. The lowest BCUT2D eigenvalue weighted by Gasteiger charge is -2.27. The van der Waals surface area contributed by atoms with Gasteiger partial charge in [-0.2, -0.15) is 0 Å². The van der Waals surface area contributed by atoms with Gasteiger partial charge < -0.3 is 5.32 Å². The first kappa shape index (κ1) is 21.6. The molecule has 1 aliphatic heterocycles. The van der Waals surface area contributed by atoms with Crippen molar-refractivity contribution in [1.29, 1.82) is 0 Å². The van der Waals surface area contributed by atoms with E-state index in [1.807, 2.05) is 49.4 Å². The van der Waals surface area contributed by atoms with E-state index in [9.17, 15) is 4.79 Å². The number of halogens is 2. The first-order valence-corrected chi connectivity index (χ1v) is 12.2. The van der Waals surface area contributed by atoms with Crippen LogP contribution in [0, 0.1) is 6.92 Å². The number of carbonyl (C=O) groups excluding carboxylic acids is 1. The summed E-state index contributed by atoms with van der Waals surface area (Å²) in [5.41, 5.74) is 3.40. The second-order valence-corrected chi connectivity index (χ2v) is 9.98. The van der Waals surface area contributed by atoms with Crippen LogP contribution >= 0.6 is 39.3 Å². The van der Waals surface area contributed by atoms with E-state index in [1.54, 1.807) is 0 Å². The van der Waals surface area contributed by atoms with Crippen LogP contribution in [-0.2, 0) is 4.79 Å². The Labute approximate surface area is 194 Å². The highest BCUT2D eigenvalue weighted by Gasteiger charge is 2.37. The molecule has 0 bridgehead atoms. The van der Waals surface area contributed by atoms with Crippen molar-refractivity contribution < 1.29 is 4.79 Å². The molecule has 0 atom stereocenters. The average molecular weight is 505 g/mol. The number of benzene rings is 2. The van der Waals surface area contributed by atoms with Crippen molar-refractivity contribution in [3.63, 3.8) is 0 Å². The maximum Gasteiger partial charge on any atom is 0.234 e. The minimum Gasteiger partial charge on any atom is -0.325 e. The summed E-state index contributed by atoms with van der Waals surface area (Å²) in [5, 5.41) is 4.52. The van der Waals surface area contributed by atoms with Crippen molar-refractivity contribution in [1.82, 2.24) is 0 Å². The third-order valence-electron chi connectivity index (χ3n) is 5.39. The SMILES string of the molecule is Cc1cc(NC(=O)CSC2=NC3(CCCCC3)N=C2c2ccc(Cl)cc2)ccc1Br. The largest absolute Gasteiger partial charge is 0.325 e. The van der Waals surface area contributed by atoms with Crippen LogP contribution in [-0.4, -0.2) is 28.1 Å². The number of anilines is 1. The Bertz CT molecular complexity index is 1010. The summed E-state index contributed by atoms with van der Waals surface area (Å²) in [6.45, 7) is 2.00. The van der Waals surface area contributed by atoms with Gasteiger partial charge in [-0.1, -0.05) is 57.8 Å². The number of aliphatic imine (C=N–C) groups is 2. The van der Waals surface area contributed by atoms with Crippen LogP contribution < -0.4 is 5.32 Å². The van der Waals surface area contributed by atoms with Crippen LogP contribution in [0.4, 0.5) is 5.69 Å². The molecule has 156 valence electrons. The first-order chi connectivity index (χ1) is 14.4. The summed E-state index contributed by atoms with van der Waals surface area (Å²) in [6, 6.07) is 13.5. The molecule has 30 heavy (non-hydrogen) atoms. The van der Waals surface area contributed by atoms with Crippen molar-refractivity contribution in [2.24, 2.45) is 9.98 Å².